The molecule has 1 heterocycles. The van der Waals surface area contributed by atoms with Crippen LogP contribution in [0.4, 0.5) is 22.0 Å². The zero-order valence-corrected chi connectivity index (χ0v) is 30.1. The smallest absolute Gasteiger partial charge is 0.490 e. The molecule has 2 N–H and O–H groups in total. The molecular formula is C36H39ClF5N3O7S. The van der Waals surface area contributed by atoms with Crippen molar-refractivity contribution in [3.8, 4) is 11.5 Å². The third-order valence-electron chi connectivity index (χ3n) is 9.88. The number of benzene rings is 3. The highest BCUT2D eigenvalue weighted by molar-refractivity contribution is 7.89. The van der Waals surface area contributed by atoms with Crippen LogP contribution in [0.1, 0.15) is 69.8 Å². The van der Waals surface area contributed by atoms with Crippen molar-refractivity contribution >= 4 is 44.3 Å². The molecule has 0 spiro atoms. The molecule has 1 amide bonds. The Balaban J connectivity index is 1.44. The summed E-state index contributed by atoms with van der Waals surface area (Å²) in [6, 6.07) is 6.91. The van der Waals surface area contributed by atoms with E-state index in [0.29, 0.717) is 24.0 Å². The number of fused-ring (bicyclic) bond motifs is 1. The zero-order valence-electron chi connectivity index (χ0n) is 28.5. The van der Waals surface area contributed by atoms with Crippen LogP contribution in [0.3, 0.4) is 0 Å². The second kappa shape index (κ2) is 15.6. The molecule has 0 aromatic heterocycles. The molecule has 1 atom stereocenters. The Hall–Kier alpha value is -3.73. The van der Waals surface area contributed by atoms with Gasteiger partial charge in [-0.2, -0.15) is 22.0 Å². The van der Waals surface area contributed by atoms with Crippen LogP contribution < -0.4 is 15.2 Å². The van der Waals surface area contributed by atoms with Gasteiger partial charge in [0.2, 0.25) is 6.04 Å². The summed E-state index contributed by atoms with van der Waals surface area (Å²) in [5.74, 6) is -9.06. The number of rotatable bonds is 11. The summed E-state index contributed by atoms with van der Waals surface area (Å²) >= 11 is 6.27. The molecule has 10 nitrogen and oxygen atoms in total. The number of likely N-dealkylation sites (tertiary alicyclic amines) is 1. The first-order valence-corrected chi connectivity index (χ1v) is 19.3. The first-order valence-electron chi connectivity index (χ1n) is 17.5. The van der Waals surface area contributed by atoms with Gasteiger partial charge >= 0.3 is 18.1 Å². The molecule has 0 unspecified atom stereocenters. The number of halogens is 6. The largest absolute Gasteiger partial charge is 0.492 e. The maximum atomic E-state index is 17.1. The first-order chi connectivity index (χ1) is 25.0. The lowest BCUT2D eigenvalue weighted by Gasteiger charge is -2.38. The van der Waals surface area contributed by atoms with Crippen molar-refractivity contribution < 1.29 is 54.3 Å². The molecule has 3 aromatic rings. The van der Waals surface area contributed by atoms with Crippen molar-refractivity contribution in [2.75, 3.05) is 13.1 Å². The van der Waals surface area contributed by atoms with E-state index in [9.17, 15) is 31.2 Å². The summed E-state index contributed by atoms with van der Waals surface area (Å²) in [5.41, 5.74) is 4.93. The van der Waals surface area contributed by atoms with Crippen LogP contribution in [0.5, 0.6) is 11.5 Å². The van der Waals surface area contributed by atoms with Crippen LogP contribution in [-0.4, -0.2) is 73.2 Å². The summed E-state index contributed by atoms with van der Waals surface area (Å²) < 4.78 is 115. The average Bonchev–Trinajstić information content (AvgIpc) is 3.83. The Labute approximate surface area is 308 Å². The number of hydrogen-bond donors (Lipinski definition) is 1. The highest BCUT2D eigenvalue weighted by Crippen LogP contribution is 2.43. The second-order valence-electron chi connectivity index (χ2n) is 13.7. The van der Waals surface area contributed by atoms with E-state index in [-0.39, 0.29) is 54.3 Å². The monoisotopic (exact) mass is 787 g/mol. The average molecular weight is 788 g/mol. The number of nitrogens with zero attached hydrogens (tertiary/aromatic N) is 2. The highest BCUT2D eigenvalue weighted by Gasteiger charge is 2.59. The number of ether oxygens (including phenoxy) is 2. The Morgan fingerprint density at radius 2 is 1.40 bits per heavy atom. The van der Waals surface area contributed by atoms with Crippen molar-refractivity contribution in [3.63, 3.8) is 0 Å². The van der Waals surface area contributed by atoms with Gasteiger partial charge in [-0.1, -0.05) is 29.8 Å². The number of nitrogens with two attached hydrogens (primary N) is 1. The number of amides is 1. The number of alkyl halides is 5. The summed E-state index contributed by atoms with van der Waals surface area (Å²) in [4.78, 5) is 30.9. The van der Waals surface area contributed by atoms with Gasteiger partial charge in [0.25, 0.3) is 15.9 Å². The minimum atomic E-state index is -5.84. The Kier molecular flexibility index (Phi) is 11.4. The Morgan fingerprint density at radius 3 is 2.02 bits per heavy atom. The van der Waals surface area contributed by atoms with Gasteiger partial charge in [-0.15, -0.1) is 0 Å². The molecule has 288 valence electrons. The molecule has 6 rings (SSSR count). The fraction of sp³-hybridized carbons (Fsp3) is 0.500. The number of hydroxylamine groups is 1. The molecule has 3 aromatic carbocycles. The van der Waals surface area contributed by atoms with E-state index in [0.717, 1.165) is 73.8 Å². The number of piperidine rings is 1. The minimum Gasteiger partial charge on any atom is -0.490 e. The molecule has 0 radical (unpaired) electrons. The van der Waals surface area contributed by atoms with Crippen LogP contribution in [0.15, 0.2) is 59.5 Å². The maximum Gasteiger partial charge on any atom is 0.492 e. The topological polar surface area (TPSA) is 128 Å². The normalized spacial score (nSPS) is 18.8. The lowest BCUT2D eigenvalue weighted by molar-refractivity contribution is -0.239. The quantitative estimate of drug-likeness (QED) is 0.159. The second-order valence-corrected chi connectivity index (χ2v) is 15.9. The fourth-order valence-electron chi connectivity index (χ4n) is 6.93. The third-order valence-corrected chi connectivity index (χ3v) is 11.8. The van der Waals surface area contributed by atoms with E-state index in [2.05, 4.69) is 4.84 Å². The summed E-state index contributed by atoms with van der Waals surface area (Å²) in [6.07, 6.45) is 0.796. The fourth-order valence-corrected chi connectivity index (χ4v) is 8.48. The molecule has 3 aliphatic rings. The first kappa shape index (κ1) is 39.0. The summed E-state index contributed by atoms with van der Waals surface area (Å²) in [6.45, 7) is -0.433. The molecule has 3 fully saturated rings. The van der Waals surface area contributed by atoms with Crippen molar-refractivity contribution in [1.82, 2.24) is 9.37 Å². The van der Waals surface area contributed by atoms with Crippen LogP contribution in [-0.2, 0) is 30.4 Å². The van der Waals surface area contributed by atoms with E-state index in [1.165, 1.54) is 12.1 Å². The minimum absolute atomic E-state index is 0.0155. The van der Waals surface area contributed by atoms with Gasteiger partial charge < -0.3 is 24.9 Å². The van der Waals surface area contributed by atoms with E-state index in [4.69, 9.17) is 26.8 Å². The van der Waals surface area contributed by atoms with E-state index in [1.54, 1.807) is 12.1 Å². The Morgan fingerprint density at radius 1 is 0.811 bits per heavy atom. The van der Waals surface area contributed by atoms with Crippen LogP contribution in [0.2, 0.25) is 5.02 Å². The zero-order chi connectivity index (χ0) is 38.1. The standard InChI is InChI=1S/C36H39ClF5N3O7S/c37-30-14-11-24(21-31(30)51-27-7-3-4-8-27)35(38,39)32(33(46)44-17-15-25(43)16-18-44)45(52-34(47)36(40,41)42)53(48,49)29-13-10-22-19-28(12-9-23(22)20-29)50-26-5-1-2-6-26/h9-14,19-21,25-27,32H,1-8,15-18,43H2/t32-/m1/s1. The van der Waals surface area contributed by atoms with Crippen molar-refractivity contribution in [3.05, 3.63) is 65.2 Å². The van der Waals surface area contributed by atoms with Gasteiger partial charge in [-0.3, -0.25) is 4.79 Å². The van der Waals surface area contributed by atoms with E-state index in [1.807, 2.05) is 0 Å². The molecule has 2 aliphatic carbocycles. The van der Waals surface area contributed by atoms with E-state index < -0.39 is 61.0 Å². The molecular weight excluding hydrogens is 749 g/mol. The van der Waals surface area contributed by atoms with Gasteiger partial charge in [-0.25, -0.2) is 13.2 Å². The molecule has 53 heavy (non-hydrogen) atoms. The number of carbonyl (C=O) groups is 2. The SMILES string of the molecule is NC1CCN(C(=O)[C@@H](N(OC(=O)C(F)(F)F)S(=O)(=O)c2ccc3cc(OC4CCCC4)ccc3c2)C(F)(F)c2ccc(Cl)c(OC3CCCC3)c2)CC1. The molecule has 1 saturated heterocycles. The van der Waals surface area contributed by atoms with Crippen LogP contribution >= 0.6 is 11.6 Å². The molecule has 1 aliphatic heterocycles. The summed E-state index contributed by atoms with van der Waals surface area (Å²) in [7, 11) is -5.65. The van der Waals surface area contributed by atoms with Gasteiger partial charge in [0.05, 0.1) is 22.1 Å². The van der Waals surface area contributed by atoms with Crippen molar-refractivity contribution in [2.24, 2.45) is 5.73 Å². The molecule has 2 saturated carbocycles. The van der Waals surface area contributed by atoms with Gasteiger partial charge in [0, 0.05) is 24.7 Å². The summed E-state index contributed by atoms with van der Waals surface area (Å²) in [5, 5.41) is 0.653. The Bertz CT molecular complexity index is 1930. The lowest BCUT2D eigenvalue weighted by Crippen LogP contribution is -2.60. The highest BCUT2D eigenvalue weighted by atomic mass is 35.5. The molecule has 0 bridgehead atoms. The number of carbonyl (C=O) groups excluding carboxylic acids is 2. The van der Waals surface area contributed by atoms with Gasteiger partial charge in [0.15, 0.2) is 0 Å². The predicted molar refractivity (Wildman–Crippen MR) is 184 cm³/mol. The van der Waals surface area contributed by atoms with Crippen LogP contribution in [0.25, 0.3) is 10.8 Å². The predicted octanol–water partition coefficient (Wildman–Crippen LogP) is 7.26. The third kappa shape index (κ3) is 8.66. The van der Waals surface area contributed by atoms with Crippen molar-refractivity contribution in [2.45, 2.75) is 105 Å². The van der Waals surface area contributed by atoms with Crippen LogP contribution in [0, 0.1) is 0 Å². The van der Waals surface area contributed by atoms with E-state index >= 15 is 8.78 Å². The number of sulfonamides is 1. The van der Waals surface area contributed by atoms with Gasteiger partial charge in [-0.05, 0) is 116 Å². The lowest BCUT2D eigenvalue weighted by atomic mass is 9.98. The van der Waals surface area contributed by atoms with Gasteiger partial charge in [0.1, 0.15) is 11.5 Å². The number of hydrogen-bond acceptors (Lipinski definition) is 8. The maximum absolute atomic E-state index is 17.1. The molecule has 17 heteroatoms. The van der Waals surface area contributed by atoms with Crippen molar-refractivity contribution in [1.29, 1.82) is 0 Å².